The molecule has 0 aromatic heterocycles. The molecule has 0 aliphatic carbocycles. The molecule has 2 N–H and O–H groups in total. The number of alkyl halides is 3. The van der Waals surface area contributed by atoms with E-state index >= 15 is 0 Å². The summed E-state index contributed by atoms with van der Waals surface area (Å²) < 4.78 is 40.3. The standard InChI is InChI=1S/C17H26F3N3O.HI/c1-14(9-10-15-7-4-3-5-8-15)23-16(21-2)22-11-6-12-24-13-17(18,19)20;/h3-5,7-8,14H,6,9-13H2,1-2H3,(H2,21,22,23);1H. The average molecular weight is 473 g/mol. The van der Waals surface area contributed by atoms with Gasteiger partial charge in [0, 0.05) is 26.2 Å². The van der Waals surface area contributed by atoms with Crippen LogP contribution >= 0.6 is 24.0 Å². The van der Waals surface area contributed by atoms with E-state index in [0.717, 1.165) is 12.8 Å². The number of rotatable bonds is 9. The van der Waals surface area contributed by atoms with E-state index < -0.39 is 12.8 Å². The van der Waals surface area contributed by atoms with Crippen molar-refractivity contribution in [3.8, 4) is 0 Å². The Balaban J connectivity index is 0.00000576. The van der Waals surface area contributed by atoms with Gasteiger partial charge in [-0.25, -0.2) is 0 Å². The van der Waals surface area contributed by atoms with Crippen molar-refractivity contribution in [2.75, 3.05) is 26.8 Å². The van der Waals surface area contributed by atoms with Gasteiger partial charge in [0.15, 0.2) is 5.96 Å². The third-order valence-electron chi connectivity index (χ3n) is 3.34. The van der Waals surface area contributed by atoms with Crippen molar-refractivity contribution >= 4 is 29.9 Å². The topological polar surface area (TPSA) is 45.7 Å². The summed E-state index contributed by atoms with van der Waals surface area (Å²) in [7, 11) is 1.67. The minimum absolute atomic E-state index is 0. The first-order chi connectivity index (χ1) is 11.4. The van der Waals surface area contributed by atoms with Gasteiger partial charge in [0.05, 0.1) is 0 Å². The molecule has 0 spiro atoms. The Bertz CT molecular complexity index is 484. The molecule has 0 saturated carbocycles. The van der Waals surface area contributed by atoms with Crippen LogP contribution in [0.4, 0.5) is 13.2 Å². The van der Waals surface area contributed by atoms with Crippen LogP contribution in [0.25, 0.3) is 0 Å². The number of guanidine groups is 1. The van der Waals surface area contributed by atoms with E-state index in [1.165, 1.54) is 5.56 Å². The van der Waals surface area contributed by atoms with E-state index in [-0.39, 0.29) is 36.6 Å². The van der Waals surface area contributed by atoms with E-state index in [2.05, 4.69) is 39.4 Å². The number of aryl methyl sites for hydroxylation is 1. The lowest BCUT2D eigenvalue weighted by Crippen LogP contribution is -2.42. The molecular formula is C17H27F3IN3O. The summed E-state index contributed by atoms with van der Waals surface area (Å²) in [6.07, 6.45) is -1.86. The molecule has 4 nitrogen and oxygen atoms in total. The van der Waals surface area contributed by atoms with Crippen LogP contribution in [0, 0.1) is 0 Å². The largest absolute Gasteiger partial charge is 0.411 e. The van der Waals surface area contributed by atoms with Gasteiger partial charge in [-0.1, -0.05) is 30.3 Å². The van der Waals surface area contributed by atoms with Crippen molar-refractivity contribution < 1.29 is 17.9 Å². The van der Waals surface area contributed by atoms with E-state index in [1.54, 1.807) is 7.05 Å². The van der Waals surface area contributed by atoms with Crippen LogP contribution in [0.5, 0.6) is 0 Å². The Hall–Kier alpha value is -1.03. The average Bonchev–Trinajstić information content (AvgIpc) is 2.55. The third-order valence-corrected chi connectivity index (χ3v) is 3.34. The molecule has 1 rings (SSSR count). The fraction of sp³-hybridized carbons (Fsp3) is 0.588. The quantitative estimate of drug-likeness (QED) is 0.249. The van der Waals surface area contributed by atoms with E-state index in [1.807, 2.05) is 18.2 Å². The molecule has 25 heavy (non-hydrogen) atoms. The molecule has 0 amide bonds. The zero-order valence-electron chi connectivity index (χ0n) is 14.6. The maximum Gasteiger partial charge on any atom is 0.411 e. The molecule has 0 fully saturated rings. The highest BCUT2D eigenvalue weighted by Gasteiger charge is 2.27. The summed E-state index contributed by atoms with van der Waals surface area (Å²) in [5, 5.41) is 6.34. The number of halogens is 4. The second kappa shape index (κ2) is 13.2. The fourth-order valence-corrected chi connectivity index (χ4v) is 2.10. The predicted octanol–water partition coefficient (Wildman–Crippen LogP) is 3.76. The SMILES string of the molecule is CN=C(NCCCOCC(F)(F)F)NC(C)CCc1ccccc1.I. The molecule has 1 unspecified atom stereocenters. The van der Waals surface area contributed by atoms with Gasteiger partial charge in [0.25, 0.3) is 0 Å². The molecule has 0 bridgehead atoms. The number of hydrogen-bond donors (Lipinski definition) is 2. The van der Waals surface area contributed by atoms with Crippen LogP contribution in [-0.4, -0.2) is 45.0 Å². The van der Waals surface area contributed by atoms with Gasteiger partial charge < -0.3 is 15.4 Å². The third kappa shape index (κ3) is 12.9. The van der Waals surface area contributed by atoms with Crippen molar-refractivity contribution in [2.45, 2.75) is 38.4 Å². The van der Waals surface area contributed by atoms with Crippen LogP contribution < -0.4 is 10.6 Å². The molecule has 1 aromatic rings. The second-order valence-corrected chi connectivity index (χ2v) is 5.59. The van der Waals surface area contributed by atoms with Gasteiger partial charge in [0.1, 0.15) is 6.61 Å². The van der Waals surface area contributed by atoms with E-state index in [4.69, 9.17) is 0 Å². The molecule has 1 aromatic carbocycles. The zero-order chi connectivity index (χ0) is 17.8. The summed E-state index contributed by atoms with van der Waals surface area (Å²) in [6, 6.07) is 10.5. The van der Waals surface area contributed by atoms with E-state index in [0.29, 0.717) is 18.9 Å². The number of benzene rings is 1. The molecule has 0 heterocycles. The maximum atomic E-state index is 11.9. The summed E-state index contributed by atoms with van der Waals surface area (Å²) >= 11 is 0. The minimum atomic E-state index is -4.26. The second-order valence-electron chi connectivity index (χ2n) is 5.59. The zero-order valence-corrected chi connectivity index (χ0v) is 16.9. The van der Waals surface area contributed by atoms with Gasteiger partial charge in [-0.3, -0.25) is 4.99 Å². The Kier molecular flexibility index (Phi) is 12.7. The van der Waals surface area contributed by atoms with Gasteiger partial charge in [-0.05, 0) is 31.7 Å². The number of nitrogens with zero attached hydrogens (tertiary/aromatic N) is 1. The highest BCUT2D eigenvalue weighted by Crippen LogP contribution is 2.14. The van der Waals surface area contributed by atoms with Gasteiger partial charge in [0.2, 0.25) is 0 Å². The lowest BCUT2D eigenvalue weighted by atomic mass is 10.1. The number of ether oxygens (including phenoxy) is 1. The Morgan fingerprint density at radius 2 is 1.92 bits per heavy atom. The predicted molar refractivity (Wildman–Crippen MR) is 106 cm³/mol. The number of hydrogen-bond acceptors (Lipinski definition) is 2. The summed E-state index contributed by atoms with van der Waals surface area (Å²) in [4.78, 5) is 4.11. The summed E-state index contributed by atoms with van der Waals surface area (Å²) in [5.74, 6) is 0.645. The molecule has 0 radical (unpaired) electrons. The number of nitrogens with one attached hydrogen (secondary N) is 2. The van der Waals surface area contributed by atoms with Crippen LogP contribution in [0.2, 0.25) is 0 Å². The van der Waals surface area contributed by atoms with Crippen molar-refractivity contribution in [1.82, 2.24) is 10.6 Å². The monoisotopic (exact) mass is 473 g/mol. The summed E-state index contributed by atoms with van der Waals surface area (Å²) in [6.45, 7) is 1.44. The first-order valence-corrected chi connectivity index (χ1v) is 8.06. The lowest BCUT2D eigenvalue weighted by Gasteiger charge is -2.18. The van der Waals surface area contributed by atoms with Crippen molar-refractivity contribution in [1.29, 1.82) is 0 Å². The number of aliphatic imine (C=N–C) groups is 1. The van der Waals surface area contributed by atoms with Gasteiger partial charge in [-0.2, -0.15) is 13.2 Å². The van der Waals surface area contributed by atoms with Crippen molar-refractivity contribution in [3.05, 3.63) is 35.9 Å². The first kappa shape index (κ1) is 24.0. The van der Waals surface area contributed by atoms with Crippen molar-refractivity contribution in [3.63, 3.8) is 0 Å². The molecule has 0 saturated heterocycles. The minimum Gasteiger partial charge on any atom is -0.372 e. The fourth-order valence-electron chi connectivity index (χ4n) is 2.10. The Labute approximate surface area is 164 Å². The molecule has 144 valence electrons. The van der Waals surface area contributed by atoms with Crippen LogP contribution in [0.1, 0.15) is 25.3 Å². The molecular weight excluding hydrogens is 446 g/mol. The van der Waals surface area contributed by atoms with Crippen LogP contribution in [-0.2, 0) is 11.2 Å². The molecule has 1 atom stereocenters. The van der Waals surface area contributed by atoms with Gasteiger partial charge in [-0.15, -0.1) is 24.0 Å². The Morgan fingerprint density at radius 1 is 1.24 bits per heavy atom. The van der Waals surface area contributed by atoms with E-state index in [9.17, 15) is 13.2 Å². The highest BCUT2D eigenvalue weighted by molar-refractivity contribution is 14.0. The Morgan fingerprint density at radius 3 is 2.52 bits per heavy atom. The highest BCUT2D eigenvalue weighted by atomic mass is 127. The smallest absolute Gasteiger partial charge is 0.372 e. The molecule has 0 aliphatic heterocycles. The maximum absolute atomic E-state index is 11.9. The normalized spacial score (nSPS) is 13.1. The first-order valence-electron chi connectivity index (χ1n) is 8.06. The summed E-state index contributed by atoms with van der Waals surface area (Å²) in [5.41, 5.74) is 1.29. The molecule has 0 aliphatic rings. The lowest BCUT2D eigenvalue weighted by molar-refractivity contribution is -0.173. The van der Waals surface area contributed by atoms with Crippen molar-refractivity contribution in [2.24, 2.45) is 4.99 Å². The van der Waals surface area contributed by atoms with Gasteiger partial charge >= 0.3 is 6.18 Å². The van der Waals surface area contributed by atoms with Crippen LogP contribution in [0.3, 0.4) is 0 Å². The molecule has 8 heteroatoms. The van der Waals surface area contributed by atoms with Crippen LogP contribution in [0.15, 0.2) is 35.3 Å².